The Morgan fingerprint density at radius 1 is 0.968 bits per heavy atom. The van der Waals surface area contributed by atoms with E-state index in [0.717, 1.165) is 23.3 Å². The number of alkyl halides is 3. The van der Waals surface area contributed by atoms with Gasteiger partial charge in [0.25, 0.3) is 0 Å². The number of allylic oxidation sites excluding steroid dienone is 1. The van der Waals surface area contributed by atoms with Gasteiger partial charge in [0.1, 0.15) is 17.6 Å². The molecule has 0 aliphatic heterocycles. The second-order valence-electron chi connectivity index (χ2n) is 6.95. The SMILES string of the molecule is CN/C(C#N)=C(\N)c1cc(Cc2ccc(F)cc2)cc(-c2cccc(C(F)(F)F)c2)c1. The van der Waals surface area contributed by atoms with Crippen LogP contribution < -0.4 is 11.1 Å². The van der Waals surface area contributed by atoms with Gasteiger partial charge in [-0.05, 0) is 65.1 Å². The highest BCUT2D eigenvalue weighted by Gasteiger charge is 2.30. The first-order chi connectivity index (χ1) is 14.7. The van der Waals surface area contributed by atoms with E-state index in [4.69, 9.17) is 5.73 Å². The van der Waals surface area contributed by atoms with Crippen LogP contribution in [0, 0.1) is 17.1 Å². The van der Waals surface area contributed by atoms with Crippen molar-refractivity contribution in [3.05, 3.63) is 100 Å². The molecule has 158 valence electrons. The minimum absolute atomic E-state index is 0.147. The molecule has 3 rings (SSSR count). The predicted octanol–water partition coefficient (Wildman–Crippen LogP) is 5.47. The Labute approximate surface area is 177 Å². The van der Waals surface area contributed by atoms with Crippen molar-refractivity contribution in [3.63, 3.8) is 0 Å². The largest absolute Gasteiger partial charge is 0.416 e. The fraction of sp³-hybridized carbons (Fsp3) is 0.125. The lowest BCUT2D eigenvalue weighted by Crippen LogP contribution is -2.12. The van der Waals surface area contributed by atoms with E-state index in [1.54, 1.807) is 43.4 Å². The molecule has 0 heterocycles. The topological polar surface area (TPSA) is 61.8 Å². The van der Waals surface area contributed by atoms with Gasteiger partial charge in [0.05, 0.1) is 11.3 Å². The average molecular weight is 425 g/mol. The van der Waals surface area contributed by atoms with Crippen molar-refractivity contribution in [1.29, 1.82) is 5.26 Å². The molecule has 0 saturated heterocycles. The van der Waals surface area contributed by atoms with E-state index >= 15 is 0 Å². The summed E-state index contributed by atoms with van der Waals surface area (Å²) >= 11 is 0. The van der Waals surface area contributed by atoms with Crippen LogP contribution >= 0.6 is 0 Å². The second kappa shape index (κ2) is 8.92. The number of nitrogens with zero attached hydrogens (tertiary/aromatic N) is 1. The molecule has 0 bridgehead atoms. The number of hydrogen-bond donors (Lipinski definition) is 2. The van der Waals surface area contributed by atoms with Crippen LogP contribution in [-0.2, 0) is 12.6 Å². The van der Waals surface area contributed by atoms with Gasteiger partial charge < -0.3 is 11.1 Å². The van der Waals surface area contributed by atoms with Crippen LogP contribution in [-0.4, -0.2) is 7.05 Å². The lowest BCUT2D eigenvalue weighted by molar-refractivity contribution is -0.137. The normalized spacial score (nSPS) is 12.1. The van der Waals surface area contributed by atoms with E-state index in [0.29, 0.717) is 23.1 Å². The van der Waals surface area contributed by atoms with E-state index in [1.165, 1.54) is 18.2 Å². The van der Waals surface area contributed by atoms with Gasteiger partial charge in [0.2, 0.25) is 0 Å². The maximum atomic E-state index is 13.2. The average Bonchev–Trinajstić information content (AvgIpc) is 2.75. The maximum Gasteiger partial charge on any atom is 0.416 e. The first kappa shape index (κ1) is 21.9. The lowest BCUT2D eigenvalue weighted by atomic mass is 9.94. The minimum atomic E-state index is -4.47. The highest BCUT2D eigenvalue weighted by molar-refractivity contribution is 5.75. The number of hydrogen-bond acceptors (Lipinski definition) is 3. The zero-order chi connectivity index (χ0) is 22.6. The van der Waals surface area contributed by atoms with Crippen molar-refractivity contribution in [2.75, 3.05) is 7.05 Å². The van der Waals surface area contributed by atoms with Crippen molar-refractivity contribution < 1.29 is 17.6 Å². The first-order valence-electron chi connectivity index (χ1n) is 9.35. The molecule has 0 unspecified atom stereocenters. The number of nitrogens with two attached hydrogens (primary N) is 1. The monoisotopic (exact) mass is 425 g/mol. The molecular formula is C24H19F4N3. The van der Waals surface area contributed by atoms with Gasteiger partial charge in [0.15, 0.2) is 0 Å². The fourth-order valence-corrected chi connectivity index (χ4v) is 3.22. The Morgan fingerprint density at radius 2 is 1.68 bits per heavy atom. The summed E-state index contributed by atoms with van der Waals surface area (Å²) in [6.45, 7) is 0. The molecule has 0 atom stereocenters. The summed E-state index contributed by atoms with van der Waals surface area (Å²) in [6.07, 6.45) is -4.06. The molecule has 3 nitrogen and oxygen atoms in total. The molecule has 0 aliphatic carbocycles. The smallest absolute Gasteiger partial charge is 0.396 e. The molecule has 0 spiro atoms. The highest BCUT2D eigenvalue weighted by atomic mass is 19.4. The van der Waals surface area contributed by atoms with Gasteiger partial charge in [-0.1, -0.05) is 30.3 Å². The van der Waals surface area contributed by atoms with Crippen molar-refractivity contribution in [2.24, 2.45) is 5.73 Å². The Balaban J connectivity index is 2.14. The summed E-state index contributed by atoms with van der Waals surface area (Å²) in [5.41, 5.74) is 8.70. The van der Waals surface area contributed by atoms with E-state index in [2.05, 4.69) is 5.32 Å². The van der Waals surface area contributed by atoms with Gasteiger partial charge in [-0.2, -0.15) is 18.4 Å². The third-order valence-corrected chi connectivity index (χ3v) is 4.78. The van der Waals surface area contributed by atoms with Crippen LogP contribution in [0.25, 0.3) is 16.8 Å². The van der Waals surface area contributed by atoms with E-state index in [1.807, 2.05) is 6.07 Å². The maximum absolute atomic E-state index is 13.2. The molecule has 3 aromatic rings. The predicted molar refractivity (Wildman–Crippen MR) is 112 cm³/mol. The zero-order valence-corrected chi connectivity index (χ0v) is 16.6. The van der Waals surface area contributed by atoms with Crippen molar-refractivity contribution in [2.45, 2.75) is 12.6 Å². The van der Waals surface area contributed by atoms with Crippen molar-refractivity contribution in [3.8, 4) is 17.2 Å². The third kappa shape index (κ3) is 5.23. The van der Waals surface area contributed by atoms with Gasteiger partial charge in [0, 0.05) is 12.6 Å². The van der Waals surface area contributed by atoms with Gasteiger partial charge >= 0.3 is 6.18 Å². The molecule has 7 heteroatoms. The van der Waals surface area contributed by atoms with E-state index in [-0.39, 0.29) is 17.2 Å². The van der Waals surface area contributed by atoms with Crippen LogP contribution in [0.4, 0.5) is 17.6 Å². The van der Waals surface area contributed by atoms with E-state index in [9.17, 15) is 22.8 Å². The Morgan fingerprint density at radius 3 is 2.29 bits per heavy atom. The van der Waals surface area contributed by atoms with Gasteiger partial charge in [-0.25, -0.2) is 4.39 Å². The standard InChI is InChI=1S/C24H19F4N3/c1-31-22(14-29)23(30)19-11-16(9-15-5-7-21(25)8-6-15)10-18(12-19)17-3-2-4-20(13-17)24(26,27)28/h2-8,10-13,31H,9,30H2,1H3/b23-22-. The number of rotatable bonds is 5. The number of nitrogens with one attached hydrogen (secondary N) is 1. The summed E-state index contributed by atoms with van der Waals surface area (Å²) in [5, 5.41) is 12.0. The van der Waals surface area contributed by atoms with Crippen LogP contribution in [0.15, 0.2) is 72.4 Å². The Hall–Kier alpha value is -3.79. The number of nitriles is 1. The van der Waals surface area contributed by atoms with Crippen LogP contribution in [0.2, 0.25) is 0 Å². The number of benzene rings is 3. The summed E-state index contributed by atoms with van der Waals surface area (Å²) in [5.74, 6) is -0.359. The molecule has 0 amide bonds. The molecule has 0 saturated carbocycles. The fourth-order valence-electron chi connectivity index (χ4n) is 3.22. The van der Waals surface area contributed by atoms with E-state index < -0.39 is 11.7 Å². The third-order valence-electron chi connectivity index (χ3n) is 4.78. The zero-order valence-electron chi connectivity index (χ0n) is 16.6. The molecule has 0 fully saturated rings. The Bertz CT molecular complexity index is 1160. The molecule has 0 radical (unpaired) electrons. The van der Waals surface area contributed by atoms with Crippen molar-refractivity contribution >= 4 is 5.70 Å². The highest BCUT2D eigenvalue weighted by Crippen LogP contribution is 2.33. The van der Waals surface area contributed by atoms with Gasteiger partial charge in [-0.3, -0.25) is 0 Å². The van der Waals surface area contributed by atoms with Crippen molar-refractivity contribution in [1.82, 2.24) is 5.32 Å². The van der Waals surface area contributed by atoms with Crippen LogP contribution in [0.5, 0.6) is 0 Å². The molecular weight excluding hydrogens is 406 g/mol. The van der Waals surface area contributed by atoms with Crippen LogP contribution in [0.1, 0.15) is 22.3 Å². The molecule has 31 heavy (non-hydrogen) atoms. The summed E-state index contributed by atoms with van der Waals surface area (Å²) in [4.78, 5) is 0. The summed E-state index contributed by atoms with van der Waals surface area (Å²) < 4.78 is 52.8. The lowest BCUT2D eigenvalue weighted by Gasteiger charge is -2.14. The second-order valence-corrected chi connectivity index (χ2v) is 6.95. The molecule has 0 aromatic heterocycles. The quantitative estimate of drug-likeness (QED) is 0.421. The van der Waals surface area contributed by atoms with Crippen LogP contribution in [0.3, 0.4) is 0 Å². The number of halogens is 4. The first-order valence-corrected chi connectivity index (χ1v) is 9.35. The van der Waals surface area contributed by atoms with Gasteiger partial charge in [-0.15, -0.1) is 0 Å². The Kier molecular flexibility index (Phi) is 6.30. The molecule has 3 aromatic carbocycles. The minimum Gasteiger partial charge on any atom is -0.396 e. The summed E-state index contributed by atoms with van der Waals surface area (Å²) in [7, 11) is 1.56. The molecule has 0 aliphatic rings. The molecule has 3 N–H and O–H groups in total. The summed E-state index contributed by atoms with van der Waals surface area (Å²) in [6, 6.07) is 18.1.